The first-order valence-electron chi connectivity index (χ1n) is 12.1. The summed E-state index contributed by atoms with van der Waals surface area (Å²) >= 11 is 6.23. The van der Waals surface area contributed by atoms with Crippen molar-refractivity contribution in [1.82, 2.24) is 4.90 Å². The summed E-state index contributed by atoms with van der Waals surface area (Å²) in [6.07, 6.45) is 4.19. The maximum Gasteiger partial charge on any atom is 0.260 e. The molecule has 4 rings (SSSR count). The van der Waals surface area contributed by atoms with Crippen molar-refractivity contribution in [3.05, 3.63) is 95.0 Å². The van der Waals surface area contributed by atoms with Crippen LogP contribution in [-0.4, -0.2) is 45.2 Å². The van der Waals surface area contributed by atoms with Crippen LogP contribution in [0.15, 0.2) is 78.9 Å². The second-order valence-corrected chi connectivity index (χ2v) is 11.5. The monoisotopic (exact) mass is 526 g/mol. The molecule has 0 unspecified atom stereocenters. The van der Waals surface area contributed by atoms with Gasteiger partial charge in [-0.25, -0.2) is 8.42 Å². The fourth-order valence-electron chi connectivity index (χ4n) is 4.46. The van der Waals surface area contributed by atoms with Gasteiger partial charge >= 0.3 is 0 Å². The highest BCUT2D eigenvalue weighted by molar-refractivity contribution is 7.92. The maximum absolute atomic E-state index is 12.7. The standard InChI is InChI=1S/C28H31ClN2O4S/c1-36(33,34)31(20-24-9-5-6-10-27(24)29)25-11-13-26(14-12-25)35-21-28(32)30-17-15-23(16-18-30)19-22-7-3-2-4-8-22/h2-14,23H,15-21H2,1H3. The minimum Gasteiger partial charge on any atom is -0.484 e. The summed E-state index contributed by atoms with van der Waals surface area (Å²) in [5.74, 6) is 1.07. The van der Waals surface area contributed by atoms with Crippen LogP contribution in [0, 0.1) is 5.92 Å². The van der Waals surface area contributed by atoms with Gasteiger partial charge in [-0.2, -0.15) is 0 Å². The Kier molecular flexibility index (Phi) is 8.54. The molecule has 3 aromatic carbocycles. The zero-order chi connectivity index (χ0) is 25.5. The lowest BCUT2D eigenvalue weighted by molar-refractivity contribution is -0.134. The predicted molar refractivity (Wildman–Crippen MR) is 144 cm³/mol. The Balaban J connectivity index is 1.30. The van der Waals surface area contributed by atoms with Gasteiger partial charge in [0.25, 0.3) is 5.91 Å². The second kappa shape index (κ2) is 11.8. The predicted octanol–water partition coefficient (Wildman–Crippen LogP) is 5.17. The van der Waals surface area contributed by atoms with Crippen molar-refractivity contribution in [2.24, 2.45) is 5.92 Å². The van der Waals surface area contributed by atoms with Gasteiger partial charge in [0.15, 0.2) is 6.61 Å². The Morgan fingerprint density at radius 1 is 0.972 bits per heavy atom. The Morgan fingerprint density at radius 3 is 2.25 bits per heavy atom. The van der Waals surface area contributed by atoms with Crippen LogP contribution < -0.4 is 9.04 Å². The number of benzene rings is 3. The van der Waals surface area contributed by atoms with Crippen LogP contribution in [0.2, 0.25) is 5.02 Å². The smallest absolute Gasteiger partial charge is 0.260 e. The molecule has 3 aromatic rings. The van der Waals surface area contributed by atoms with E-state index in [4.69, 9.17) is 16.3 Å². The van der Waals surface area contributed by atoms with E-state index in [0.717, 1.165) is 38.6 Å². The highest BCUT2D eigenvalue weighted by Crippen LogP contribution is 2.26. The Morgan fingerprint density at radius 2 is 1.61 bits per heavy atom. The molecule has 1 fully saturated rings. The van der Waals surface area contributed by atoms with Crippen molar-refractivity contribution in [2.45, 2.75) is 25.8 Å². The highest BCUT2D eigenvalue weighted by Gasteiger charge is 2.23. The number of hydrogen-bond donors (Lipinski definition) is 0. The summed E-state index contributed by atoms with van der Waals surface area (Å²) < 4.78 is 31.9. The lowest BCUT2D eigenvalue weighted by Gasteiger charge is -2.32. The third-order valence-electron chi connectivity index (χ3n) is 6.49. The molecule has 1 aliphatic rings. The van der Waals surface area contributed by atoms with Crippen molar-refractivity contribution in [2.75, 3.05) is 30.3 Å². The molecule has 0 aromatic heterocycles. The van der Waals surface area contributed by atoms with Gasteiger partial charge < -0.3 is 9.64 Å². The summed E-state index contributed by atoms with van der Waals surface area (Å²) in [4.78, 5) is 14.5. The fourth-order valence-corrected chi connectivity index (χ4v) is 5.53. The number of carbonyl (C=O) groups is 1. The highest BCUT2D eigenvalue weighted by atomic mass is 35.5. The van der Waals surface area contributed by atoms with Crippen LogP contribution in [0.1, 0.15) is 24.0 Å². The van der Waals surface area contributed by atoms with Gasteiger partial charge in [-0.15, -0.1) is 0 Å². The van der Waals surface area contributed by atoms with Gasteiger partial charge in [-0.05, 0) is 66.6 Å². The lowest BCUT2D eigenvalue weighted by atomic mass is 9.90. The molecule has 0 spiro atoms. The van der Waals surface area contributed by atoms with Crippen molar-refractivity contribution in [3.63, 3.8) is 0 Å². The first kappa shape index (κ1) is 26.0. The van der Waals surface area contributed by atoms with E-state index in [1.807, 2.05) is 17.0 Å². The van der Waals surface area contributed by atoms with E-state index < -0.39 is 10.0 Å². The summed E-state index contributed by atoms with van der Waals surface area (Å²) in [6, 6.07) is 24.3. The molecule has 0 radical (unpaired) electrons. The van der Waals surface area contributed by atoms with Crippen LogP contribution in [-0.2, 0) is 27.8 Å². The number of ether oxygens (including phenoxy) is 1. The number of sulfonamides is 1. The molecule has 1 saturated heterocycles. The quantitative estimate of drug-likeness (QED) is 0.386. The van der Waals surface area contributed by atoms with Crippen LogP contribution in [0.25, 0.3) is 0 Å². The number of rotatable bonds is 9. The molecule has 190 valence electrons. The molecule has 0 saturated carbocycles. The van der Waals surface area contributed by atoms with Crippen LogP contribution in [0.3, 0.4) is 0 Å². The zero-order valence-electron chi connectivity index (χ0n) is 20.3. The number of amides is 1. The van der Waals surface area contributed by atoms with Gasteiger partial charge in [-0.3, -0.25) is 9.10 Å². The van der Waals surface area contributed by atoms with Gasteiger partial charge in [-0.1, -0.05) is 60.1 Å². The summed E-state index contributed by atoms with van der Waals surface area (Å²) in [6.45, 7) is 1.56. The largest absolute Gasteiger partial charge is 0.484 e. The van der Waals surface area contributed by atoms with Crippen LogP contribution in [0.5, 0.6) is 5.75 Å². The van der Waals surface area contributed by atoms with Crippen molar-refractivity contribution < 1.29 is 17.9 Å². The van der Waals surface area contributed by atoms with Crippen molar-refractivity contribution in [1.29, 1.82) is 0 Å². The van der Waals surface area contributed by atoms with E-state index >= 15 is 0 Å². The number of nitrogens with zero attached hydrogens (tertiary/aromatic N) is 2. The molecule has 36 heavy (non-hydrogen) atoms. The first-order valence-corrected chi connectivity index (χ1v) is 14.3. The molecule has 8 heteroatoms. The molecule has 0 aliphatic carbocycles. The average Bonchev–Trinajstić information content (AvgIpc) is 2.87. The minimum absolute atomic E-state index is 0.0336. The third-order valence-corrected chi connectivity index (χ3v) is 8.00. The van der Waals surface area contributed by atoms with Crippen LogP contribution in [0.4, 0.5) is 5.69 Å². The molecular weight excluding hydrogens is 496 g/mol. The maximum atomic E-state index is 12.7. The number of piperidine rings is 1. The van der Waals surface area contributed by atoms with Gasteiger partial charge in [0.05, 0.1) is 18.5 Å². The van der Waals surface area contributed by atoms with E-state index in [0.29, 0.717) is 27.9 Å². The van der Waals surface area contributed by atoms with E-state index in [1.165, 1.54) is 9.87 Å². The fraction of sp³-hybridized carbons (Fsp3) is 0.321. The molecular formula is C28H31ClN2O4S. The second-order valence-electron chi connectivity index (χ2n) is 9.16. The molecule has 6 nitrogen and oxygen atoms in total. The Labute approximate surface area is 218 Å². The van der Waals surface area contributed by atoms with Gasteiger partial charge in [0, 0.05) is 18.1 Å². The minimum atomic E-state index is -3.54. The van der Waals surface area contributed by atoms with Crippen molar-refractivity contribution >= 4 is 33.2 Å². The number of halogens is 1. The molecule has 0 N–H and O–H groups in total. The van der Waals surface area contributed by atoms with Crippen LogP contribution >= 0.6 is 11.6 Å². The van der Waals surface area contributed by atoms with E-state index in [9.17, 15) is 13.2 Å². The zero-order valence-corrected chi connectivity index (χ0v) is 21.9. The van der Waals surface area contributed by atoms with Gasteiger partial charge in [0.1, 0.15) is 5.75 Å². The number of carbonyl (C=O) groups excluding carboxylic acids is 1. The number of likely N-dealkylation sites (tertiary alicyclic amines) is 1. The SMILES string of the molecule is CS(=O)(=O)N(Cc1ccccc1Cl)c1ccc(OCC(=O)N2CCC(Cc3ccccc3)CC2)cc1. The Bertz CT molecular complexity index is 1260. The first-order chi connectivity index (χ1) is 17.3. The van der Waals surface area contributed by atoms with E-state index in [1.54, 1.807) is 42.5 Å². The summed E-state index contributed by atoms with van der Waals surface area (Å²) in [5.41, 5.74) is 2.55. The van der Waals surface area contributed by atoms with E-state index in [-0.39, 0.29) is 19.1 Å². The summed E-state index contributed by atoms with van der Waals surface area (Å²) in [5, 5.41) is 0.508. The van der Waals surface area contributed by atoms with Gasteiger partial charge in [0.2, 0.25) is 10.0 Å². The molecule has 0 atom stereocenters. The van der Waals surface area contributed by atoms with E-state index in [2.05, 4.69) is 24.3 Å². The molecule has 1 heterocycles. The Hall–Kier alpha value is -3.03. The number of hydrogen-bond acceptors (Lipinski definition) is 4. The third kappa shape index (κ3) is 7.02. The van der Waals surface area contributed by atoms with Crippen molar-refractivity contribution in [3.8, 4) is 5.75 Å². The lowest BCUT2D eigenvalue weighted by Crippen LogP contribution is -2.41. The topological polar surface area (TPSA) is 66.9 Å². The molecule has 1 aliphatic heterocycles. The molecule has 1 amide bonds. The summed E-state index contributed by atoms with van der Waals surface area (Å²) in [7, 11) is -3.54. The normalized spacial score (nSPS) is 14.4. The average molecular weight is 527 g/mol. The number of anilines is 1. The molecule has 0 bridgehead atoms.